The lowest BCUT2D eigenvalue weighted by molar-refractivity contribution is 0.116. The number of rotatable bonds is 4. The van der Waals surface area contributed by atoms with Gasteiger partial charge in [-0.25, -0.2) is 0 Å². The van der Waals surface area contributed by atoms with E-state index >= 15 is 0 Å². The molecule has 1 N–H and O–H groups in total. The number of aryl methyl sites for hydroxylation is 3. The minimum atomic E-state index is -0.103. The van der Waals surface area contributed by atoms with E-state index in [1.165, 1.54) is 16.7 Å². The summed E-state index contributed by atoms with van der Waals surface area (Å²) < 4.78 is 5.92. The lowest BCUT2D eigenvalue weighted by Gasteiger charge is -2.17. The molecule has 0 heterocycles. The van der Waals surface area contributed by atoms with Gasteiger partial charge in [-0.15, -0.1) is 0 Å². The van der Waals surface area contributed by atoms with Crippen molar-refractivity contribution in [3.8, 4) is 5.75 Å². The molecule has 2 unspecified atom stereocenters. The number of benzene rings is 1. The van der Waals surface area contributed by atoms with Crippen LogP contribution in [-0.2, 0) is 0 Å². The fraction of sp³-hybridized carbons (Fsp3) is 0.625. The van der Waals surface area contributed by atoms with Gasteiger partial charge in [0.05, 0.1) is 12.7 Å². The Labute approximate surface area is 110 Å². The van der Waals surface area contributed by atoms with E-state index in [1.54, 1.807) is 0 Å². The molecule has 0 bridgehead atoms. The maximum atomic E-state index is 9.78. The normalized spacial score (nSPS) is 23.3. The summed E-state index contributed by atoms with van der Waals surface area (Å²) in [6.07, 6.45) is 4.14. The van der Waals surface area contributed by atoms with Crippen LogP contribution in [0.2, 0.25) is 0 Å². The first kappa shape index (κ1) is 13.4. The topological polar surface area (TPSA) is 29.5 Å². The van der Waals surface area contributed by atoms with Crippen LogP contribution < -0.4 is 4.74 Å². The van der Waals surface area contributed by atoms with Gasteiger partial charge in [0.1, 0.15) is 5.75 Å². The Morgan fingerprint density at radius 3 is 2.39 bits per heavy atom. The molecule has 18 heavy (non-hydrogen) atoms. The van der Waals surface area contributed by atoms with Crippen LogP contribution in [0.15, 0.2) is 12.1 Å². The van der Waals surface area contributed by atoms with Gasteiger partial charge in [0.2, 0.25) is 0 Å². The lowest BCUT2D eigenvalue weighted by Crippen LogP contribution is -2.16. The summed E-state index contributed by atoms with van der Waals surface area (Å²) in [5.41, 5.74) is 3.70. The maximum absolute atomic E-state index is 9.78. The first-order valence-electron chi connectivity index (χ1n) is 6.96. The quantitative estimate of drug-likeness (QED) is 0.883. The third-order valence-corrected chi connectivity index (χ3v) is 3.96. The molecule has 100 valence electrons. The molecule has 2 atom stereocenters. The monoisotopic (exact) mass is 248 g/mol. The second-order valence-electron chi connectivity index (χ2n) is 5.62. The minimum Gasteiger partial charge on any atom is -0.493 e. The van der Waals surface area contributed by atoms with Crippen LogP contribution in [0, 0.1) is 26.7 Å². The van der Waals surface area contributed by atoms with Crippen molar-refractivity contribution < 1.29 is 9.84 Å². The molecule has 0 spiro atoms. The van der Waals surface area contributed by atoms with Crippen molar-refractivity contribution in [3.63, 3.8) is 0 Å². The van der Waals surface area contributed by atoms with E-state index in [-0.39, 0.29) is 6.10 Å². The summed E-state index contributed by atoms with van der Waals surface area (Å²) in [5, 5.41) is 9.78. The zero-order valence-electron chi connectivity index (χ0n) is 11.7. The molecule has 1 aromatic rings. The third-order valence-electron chi connectivity index (χ3n) is 3.96. The van der Waals surface area contributed by atoms with Gasteiger partial charge in [-0.3, -0.25) is 0 Å². The second-order valence-corrected chi connectivity index (χ2v) is 5.62. The fourth-order valence-electron chi connectivity index (χ4n) is 3.06. The highest BCUT2D eigenvalue weighted by molar-refractivity contribution is 5.42. The van der Waals surface area contributed by atoms with E-state index in [0.29, 0.717) is 12.5 Å². The van der Waals surface area contributed by atoms with Crippen molar-refractivity contribution in [3.05, 3.63) is 28.8 Å². The molecule has 2 heteroatoms. The van der Waals surface area contributed by atoms with Gasteiger partial charge < -0.3 is 9.84 Å². The van der Waals surface area contributed by atoms with E-state index in [0.717, 1.165) is 31.4 Å². The highest BCUT2D eigenvalue weighted by Crippen LogP contribution is 2.29. The molecule has 0 aliphatic heterocycles. The van der Waals surface area contributed by atoms with Crippen LogP contribution in [0.4, 0.5) is 0 Å². The van der Waals surface area contributed by atoms with Crippen LogP contribution >= 0.6 is 0 Å². The molecule has 0 amide bonds. The largest absolute Gasteiger partial charge is 0.493 e. The van der Waals surface area contributed by atoms with Crippen molar-refractivity contribution in [2.75, 3.05) is 6.61 Å². The highest BCUT2D eigenvalue weighted by Gasteiger charge is 2.24. The Kier molecular flexibility index (Phi) is 4.28. The molecule has 1 aromatic carbocycles. The standard InChI is InChI=1S/C16H24O2/c1-11-9-12(2)16(13(3)10-11)18-8-7-14-5-4-6-15(14)17/h9-10,14-15,17H,4-8H2,1-3H3. The van der Waals surface area contributed by atoms with E-state index in [9.17, 15) is 5.11 Å². The smallest absolute Gasteiger partial charge is 0.125 e. The SMILES string of the molecule is Cc1cc(C)c(OCCC2CCCC2O)c(C)c1. The lowest BCUT2D eigenvalue weighted by atomic mass is 10.0. The summed E-state index contributed by atoms with van der Waals surface area (Å²) in [6, 6.07) is 4.32. The van der Waals surface area contributed by atoms with Gasteiger partial charge in [0.25, 0.3) is 0 Å². The summed E-state index contributed by atoms with van der Waals surface area (Å²) in [6.45, 7) is 7.02. The summed E-state index contributed by atoms with van der Waals surface area (Å²) in [7, 11) is 0. The minimum absolute atomic E-state index is 0.103. The number of ether oxygens (including phenoxy) is 1. The number of aliphatic hydroxyl groups excluding tert-OH is 1. The molecule has 1 fully saturated rings. The van der Waals surface area contributed by atoms with Crippen LogP contribution in [-0.4, -0.2) is 17.8 Å². The number of hydrogen-bond acceptors (Lipinski definition) is 2. The molecule has 0 aromatic heterocycles. The van der Waals surface area contributed by atoms with Crippen LogP contribution in [0.3, 0.4) is 0 Å². The number of aliphatic hydroxyl groups is 1. The molecule has 0 saturated heterocycles. The predicted molar refractivity (Wildman–Crippen MR) is 74.1 cm³/mol. The van der Waals surface area contributed by atoms with Crippen LogP contribution in [0.5, 0.6) is 5.75 Å². The van der Waals surface area contributed by atoms with Gasteiger partial charge in [-0.2, -0.15) is 0 Å². The van der Waals surface area contributed by atoms with Crippen LogP contribution in [0.25, 0.3) is 0 Å². The van der Waals surface area contributed by atoms with Crippen LogP contribution in [0.1, 0.15) is 42.4 Å². The molecule has 2 rings (SSSR count). The van der Waals surface area contributed by atoms with E-state index < -0.39 is 0 Å². The Bertz CT molecular complexity index is 389. The van der Waals surface area contributed by atoms with Gasteiger partial charge in [0, 0.05) is 0 Å². The molecule has 0 radical (unpaired) electrons. The zero-order valence-corrected chi connectivity index (χ0v) is 11.7. The average molecular weight is 248 g/mol. The van der Waals surface area contributed by atoms with Gasteiger partial charge in [0.15, 0.2) is 0 Å². The van der Waals surface area contributed by atoms with Gasteiger partial charge in [-0.1, -0.05) is 24.1 Å². The Morgan fingerprint density at radius 2 is 1.83 bits per heavy atom. The van der Waals surface area contributed by atoms with Crippen molar-refractivity contribution in [2.45, 2.75) is 52.6 Å². The molecule has 1 saturated carbocycles. The van der Waals surface area contributed by atoms with E-state index in [2.05, 4.69) is 32.9 Å². The van der Waals surface area contributed by atoms with E-state index in [1.807, 2.05) is 0 Å². The third kappa shape index (κ3) is 3.05. The molecule has 1 aliphatic rings. The molecule has 2 nitrogen and oxygen atoms in total. The Morgan fingerprint density at radius 1 is 1.17 bits per heavy atom. The Balaban J connectivity index is 1.90. The molecular weight excluding hydrogens is 224 g/mol. The van der Waals surface area contributed by atoms with Crippen molar-refractivity contribution in [1.82, 2.24) is 0 Å². The van der Waals surface area contributed by atoms with E-state index in [4.69, 9.17) is 4.74 Å². The zero-order chi connectivity index (χ0) is 13.1. The number of hydrogen-bond donors (Lipinski definition) is 1. The van der Waals surface area contributed by atoms with Crippen molar-refractivity contribution >= 4 is 0 Å². The average Bonchev–Trinajstić information content (AvgIpc) is 2.68. The van der Waals surface area contributed by atoms with Gasteiger partial charge in [-0.05, 0) is 57.1 Å². The van der Waals surface area contributed by atoms with Crippen molar-refractivity contribution in [2.24, 2.45) is 5.92 Å². The molecular formula is C16H24O2. The fourth-order valence-corrected chi connectivity index (χ4v) is 3.06. The molecule has 1 aliphatic carbocycles. The second kappa shape index (κ2) is 5.75. The van der Waals surface area contributed by atoms with Crippen molar-refractivity contribution in [1.29, 1.82) is 0 Å². The summed E-state index contributed by atoms with van der Waals surface area (Å²) in [5.74, 6) is 1.46. The summed E-state index contributed by atoms with van der Waals surface area (Å²) in [4.78, 5) is 0. The first-order valence-corrected chi connectivity index (χ1v) is 6.96. The maximum Gasteiger partial charge on any atom is 0.125 e. The Hall–Kier alpha value is -1.02. The summed E-state index contributed by atoms with van der Waals surface area (Å²) >= 11 is 0. The van der Waals surface area contributed by atoms with Gasteiger partial charge >= 0.3 is 0 Å². The first-order chi connectivity index (χ1) is 8.58. The highest BCUT2D eigenvalue weighted by atomic mass is 16.5. The predicted octanol–water partition coefficient (Wildman–Crippen LogP) is 3.54.